The Hall–Kier alpha value is -1.22. The van der Waals surface area contributed by atoms with Crippen LogP contribution >= 0.6 is 11.3 Å². The molecule has 1 aromatic heterocycles. The predicted octanol–water partition coefficient (Wildman–Crippen LogP) is 5.20. The number of benzene rings is 1. The fourth-order valence-corrected chi connectivity index (χ4v) is 3.17. The summed E-state index contributed by atoms with van der Waals surface area (Å²) < 4.78 is 13.8. The van der Waals surface area contributed by atoms with E-state index in [9.17, 15) is 4.39 Å². The van der Waals surface area contributed by atoms with Crippen molar-refractivity contribution in [2.24, 2.45) is 0 Å². The Kier molecular flexibility index (Phi) is 3.81. The SMILES string of the molecule is CC(C)c1nc(-c2ccccc2F)sc1C(C)C. The first-order valence-corrected chi connectivity index (χ1v) is 7.08. The maximum atomic E-state index is 13.8. The van der Waals surface area contributed by atoms with E-state index in [1.807, 2.05) is 6.07 Å². The molecule has 0 amide bonds. The van der Waals surface area contributed by atoms with E-state index in [4.69, 9.17) is 0 Å². The molecule has 0 fully saturated rings. The first-order chi connectivity index (χ1) is 8.50. The molecule has 0 radical (unpaired) electrons. The molecule has 96 valence electrons. The van der Waals surface area contributed by atoms with Crippen LogP contribution in [-0.4, -0.2) is 4.98 Å². The average Bonchev–Trinajstić information content (AvgIpc) is 2.74. The molecular weight excluding hydrogens is 245 g/mol. The second-order valence-corrected chi connectivity index (χ2v) is 6.09. The van der Waals surface area contributed by atoms with Crippen molar-refractivity contribution in [3.05, 3.63) is 40.7 Å². The van der Waals surface area contributed by atoms with Gasteiger partial charge in [0.05, 0.1) is 5.69 Å². The summed E-state index contributed by atoms with van der Waals surface area (Å²) in [6.45, 7) is 8.58. The van der Waals surface area contributed by atoms with Crippen LogP contribution in [0, 0.1) is 5.82 Å². The number of halogens is 1. The predicted molar refractivity (Wildman–Crippen MR) is 75.7 cm³/mol. The minimum Gasteiger partial charge on any atom is -0.240 e. The molecule has 18 heavy (non-hydrogen) atoms. The van der Waals surface area contributed by atoms with Crippen molar-refractivity contribution in [3.8, 4) is 10.6 Å². The molecule has 0 saturated carbocycles. The van der Waals surface area contributed by atoms with Crippen LogP contribution in [-0.2, 0) is 0 Å². The van der Waals surface area contributed by atoms with Gasteiger partial charge in [-0.25, -0.2) is 9.37 Å². The summed E-state index contributed by atoms with van der Waals surface area (Å²) in [6, 6.07) is 6.84. The van der Waals surface area contributed by atoms with Crippen molar-refractivity contribution in [1.82, 2.24) is 4.98 Å². The van der Waals surface area contributed by atoms with Gasteiger partial charge in [0.1, 0.15) is 10.8 Å². The molecule has 0 aliphatic rings. The molecule has 0 aliphatic carbocycles. The van der Waals surface area contributed by atoms with Gasteiger partial charge >= 0.3 is 0 Å². The molecular formula is C15H18FNS. The largest absolute Gasteiger partial charge is 0.240 e. The van der Waals surface area contributed by atoms with E-state index in [0.29, 0.717) is 17.4 Å². The van der Waals surface area contributed by atoms with E-state index in [1.54, 1.807) is 23.5 Å². The van der Waals surface area contributed by atoms with Crippen LogP contribution in [0.5, 0.6) is 0 Å². The summed E-state index contributed by atoms with van der Waals surface area (Å²) in [5.41, 5.74) is 1.71. The third-order valence-electron chi connectivity index (χ3n) is 2.86. The zero-order valence-electron chi connectivity index (χ0n) is 11.2. The quantitative estimate of drug-likeness (QED) is 0.742. The fraction of sp³-hybridized carbons (Fsp3) is 0.400. The second-order valence-electron chi connectivity index (χ2n) is 5.06. The summed E-state index contributed by atoms with van der Waals surface area (Å²) >= 11 is 1.61. The Morgan fingerprint density at radius 1 is 1.06 bits per heavy atom. The first kappa shape index (κ1) is 13.2. The van der Waals surface area contributed by atoms with E-state index >= 15 is 0 Å². The smallest absolute Gasteiger partial charge is 0.133 e. The van der Waals surface area contributed by atoms with Crippen molar-refractivity contribution in [2.75, 3.05) is 0 Å². The highest BCUT2D eigenvalue weighted by atomic mass is 32.1. The zero-order chi connectivity index (χ0) is 13.3. The number of thiazole rings is 1. The van der Waals surface area contributed by atoms with Gasteiger partial charge in [-0.05, 0) is 24.0 Å². The minimum atomic E-state index is -0.197. The molecule has 1 aromatic carbocycles. The van der Waals surface area contributed by atoms with Crippen molar-refractivity contribution in [3.63, 3.8) is 0 Å². The number of aromatic nitrogens is 1. The molecule has 0 saturated heterocycles. The summed E-state index contributed by atoms with van der Waals surface area (Å²) in [7, 11) is 0. The number of nitrogens with zero attached hydrogens (tertiary/aromatic N) is 1. The van der Waals surface area contributed by atoms with Gasteiger partial charge in [0.25, 0.3) is 0 Å². The second kappa shape index (κ2) is 5.19. The summed E-state index contributed by atoms with van der Waals surface area (Å²) in [6.07, 6.45) is 0. The Morgan fingerprint density at radius 3 is 2.22 bits per heavy atom. The molecule has 0 spiro atoms. The van der Waals surface area contributed by atoms with Crippen LogP contribution in [0.3, 0.4) is 0 Å². The van der Waals surface area contributed by atoms with Gasteiger partial charge in [-0.15, -0.1) is 11.3 Å². The number of hydrogen-bond acceptors (Lipinski definition) is 2. The van der Waals surface area contributed by atoms with Crippen molar-refractivity contribution >= 4 is 11.3 Å². The highest BCUT2D eigenvalue weighted by Gasteiger charge is 2.18. The highest BCUT2D eigenvalue weighted by Crippen LogP contribution is 2.36. The van der Waals surface area contributed by atoms with E-state index in [2.05, 4.69) is 32.7 Å². The van der Waals surface area contributed by atoms with Gasteiger partial charge in [-0.3, -0.25) is 0 Å². The first-order valence-electron chi connectivity index (χ1n) is 6.26. The van der Waals surface area contributed by atoms with Crippen LogP contribution in [0.25, 0.3) is 10.6 Å². The Bertz CT molecular complexity index is 518. The third-order valence-corrected chi connectivity index (χ3v) is 4.26. The van der Waals surface area contributed by atoms with E-state index in [1.165, 1.54) is 10.9 Å². The maximum Gasteiger partial charge on any atom is 0.133 e. The van der Waals surface area contributed by atoms with Crippen molar-refractivity contribution in [2.45, 2.75) is 39.5 Å². The molecule has 1 nitrogen and oxygen atoms in total. The normalized spacial score (nSPS) is 11.5. The summed E-state index contributed by atoms with van der Waals surface area (Å²) in [4.78, 5) is 5.91. The van der Waals surface area contributed by atoms with Gasteiger partial charge in [0.2, 0.25) is 0 Å². The van der Waals surface area contributed by atoms with Gasteiger partial charge in [0, 0.05) is 10.4 Å². The fourth-order valence-electron chi connectivity index (χ4n) is 1.92. The lowest BCUT2D eigenvalue weighted by atomic mass is 10.0. The molecule has 0 atom stereocenters. The molecule has 0 bridgehead atoms. The van der Waals surface area contributed by atoms with Gasteiger partial charge in [-0.2, -0.15) is 0 Å². The lowest BCUT2D eigenvalue weighted by Crippen LogP contribution is -1.95. The standard InChI is InChI=1S/C15H18FNS/c1-9(2)13-14(10(3)4)18-15(17-13)11-7-5-6-8-12(11)16/h5-10H,1-4H3. The zero-order valence-corrected chi connectivity index (χ0v) is 12.0. The van der Waals surface area contributed by atoms with Gasteiger partial charge < -0.3 is 0 Å². The van der Waals surface area contributed by atoms with Crippen LogP contribution in [0.4, 0.5) is 4.39 Å². The molecule has 2 rings (SSSR count). The van der Waals surface area contributed by atoms with E-state index in [-0.39, 0.29) is 5.82 Å². The third kappa shape index (κ3) is 2.46. The van der Waals surface area contributed by atoms with Crippen LogP contribution in [0.15, 0.2) is 24.3 Å². The van der Waals surface area contributed by atoms with Crippen LogP contribution in [0.1, 0.15) is 50.1 Å². The van der Waals surface area contributed by atoms with Gasteiger partial charge in [-0.1, -0.05) is 39.8 Å². The lowest BCUT2D eigenvalue weighted by molar-refractivity contribution is 0.631. The topological polar surface area (TPSA) is 12.9 Å². The monoisotopic (exact) mass is 263 g/mol. The molecule has 0 N–H and O–H groups in total. The maximum absolute atomic E-state index is 13.8. The Balaban J connectivity index is 2.54. The van der Waals surface area contributed by atoms with E-state index in [0.717, 1.165) is 10.7 Å². The van der Waals surface area contributed by atoms with Crippen LogP contribution in [0.2, 0.25) is 0 Å². The molecule has 1 heterocycles. The van der Waals surface area contributed by atoms with E-state index < -0.39 is 0 Å². The van der Waals surface area contributed by atoms with Gasteiger partial charge in [0.15, 0.2) is 0 Å². The lowest BCUT2D eigenvalue weighted by Gasteiger charge is -2.07. The molecule has 3 heteroatoms. The number of hydrogen-bond donors (Lipinski definition) is 0. The average molecular weight is 263 g/mol. The van der Waals surface area contributed by atoms with Crippen LogP contribution < -0.4 is 0 Å². The highest BCUT2D eigenvalue weighted by molar-refractivity contribution is 7.15. The van der Waals surface area contributed by atoms with Crippen molar-refractivity contribution in [1.29, 1.82) is 0 Å². The molecule has 2 aromatic rings. The van der Waals surface area contributed by atoms with Crippen molar-refractivity contribution < 1.29 is 4.39 Å². The Labute approximate surface area is 112 Å². The summed E-state index contributed by atoms with van der Waals surface area (Å²) in [5.74, 6) is 0.608. The Morgan fingerprint density at radius 2 is 1.72 bits per heavy atom. The molecule has 0 unspecified atom stereocenters. The summed E-state index contributed by atoms with van der Waals surface area (Å²) in [5, 5.41) is 0.792. The minimum absolute atomic E-state index is 0.197. The molecule has 0 aliphatic heterocycles. The number of rotatable bonds is 3.